The lowest BCUT2D eigenvalue weighted by Crippen LogP contribution is -2.47. The molecule has 2 saturated heterocycles. The molecule has 0 N–H and O–H groups in total. The first-order valence-electron chi connectivity index (χ1n) is 9.74. The van der Waals surface area contributed by atoms with E-state index in [1.54, 1.807) is 12.1 Å². The summed E-state index contributed by atoms with van der Waals surface area (Å²) >= 11 is 0. The van der Waals surface area contributed by atoms with E-state index in [0.29, 0.717) is 45.1 Å². The van der Waals surface area contributed by atoms with Gasteiger partial charge in [0.05, 0.1) is 30.0 Å². The van der Waals surface area contributed by atoms with Gasteiger partial charge in [0.25, 0.3) is 0 Å². The summed E-state index contributed by atoms with van der Waals surface area (Å²) in [6, 6.07) is 9.45. The van der Waals surface area contributed by atoms with Crippen molar-refractivity contribution in [3.8, 4) is 6.07 Å². The Balaban J connectivity index is 1.44. The molecule has 0 amide bonds. The predicted molar refractivity (Wildman–Crippen MR) is 106 cm³/mol. The number of benzene rings is 1. The van der Waals surface area contributed by atoms with E-state index in [9.17, 15) is 18.4 Å². The highest BCUT2D eigenvalue weighted by Crippen LogP contribution is 2.36. The van der Waals surface area contributed by atoms with Crippen molar-refractivity contribution in [3.05, 3.63) is 41.5 Å². The molecule has 0 aliphatic carbocycles. The number of aromatic nitrogens is 2. The van der Waals surface area contributed by atoms with Crippen molar-refractivity contribution in [3.63, 3.8) is 0 Å². The minimum absolute atomic E-state index is 0.320. The van der Waals surface area contributed by atoms with E-state index < -0.39 is 11.7 Å². The molecule has 2 aromatic rings. The van der Waals surface area contributed by atoms with Crippen molar-refractivity contribution in [2.45, 2.75) is 6.18 Å². The zero-order valence-corrected chi connectivity index (χ0v) is 16.3. The first kappa shape index (κ1) is 20.2. The molecule has 30 heavy (non-hydrogen) atoms. The third-order valence-corrected chi connectivity index (χ3v) is 5.38. The van der Waals surface area contributed by atoms with Crippen LogP contribution in [0.1, 0.15) is 11.1 Å². The summed E-state index contributed by atoms with van der Waals surface area (Å²) in [7, 11) is 0. The van der Waals surface area contributed by atoms with Crippen molar-refractivity contribution in [1.82, 2.24) is 10.2 Å². The zero-order chi connectivity index (χ0) is 21.1. The van der Waals surface area contributed by atoms with Gasteiger partial charge in [0.15, 0.2) is 11.6 Å². The smallest absolute Gasteiger partial charge is 0.378 e. The van der Waals surface area contributed by atoms with Crippen molar-refractivity contribution >= 4 is 17.3 Å². The first-order chi connectivity index (χ1) is 14.5. The number of alkyl halides is 3. The SMILES string of the molecule is N#Cc1c(N2CCN(c3ccc(N4CCOCC4)nn3)CC2)cccc1C(F)(F)F. The van der Waals surface area contributed by atoms with Crippen LogP contribution in [0.5, 0.6) is 0 Å². The normalized spacial score (nSPS) is 17.7. The van der Waals surface area contributed by atoms with Crippen molar-refractivity contribution in [2.24, 2.45) is 0 Å². The summed E-state index contributed by atoms with van der Waals surface area (Å²) in [6.45, 7) is 5.04. The molecular weight excluding hydrogens is 397 g/mol. The molecule has 10 heteroatoms. The molecule has 3 heterocycles. The number of morpholine rings is 1. The third kappa shape index (κ3) is 4.11. The lowest BCUT2D eigenvalue weighted by atomic mass is 10.0. The number of halogens is 3. The molecule has 2 fully saturated rings. The Morgan fingerprint density at radius 3 is 1.93 bits per heavy atom. The van der Waals surface area contributed by atoms with Gasteiger partial charge in [-0.05, 0) is 24.3 Å². The van der Waals surface area contributed by atoms with E-state index >= 15 is 0 Å². The highest BCUT2D eigenvalue weighted by Gasteiger charge is 2.35. The summed E-state index contributed by atoms with van der Waals surface area (Å²) in [5.41, 5.74) is -0.900. The van der Waals surface area contributed by atoms with Gasteiger partial charge in [-0.15, -0.1) is 10.2 Å². The Labute approximate surface area is 172 Å². The van der Waals surface area contributed by atoms with Crippen LogP contribution in [0.2, 0.25) is 0 Å². The maximum absolute atomic E-state index is 13.2. The molecule has 0 unspecified atom stereocenters. The molecule has 2 aliphatic heterocycles. The van der Waals surface area contributed by atoms with Crippen LogP contribution in [0.25, 0.3) is 0 Å². The van der Waals surface area contributed by atoms with Gasteiger partial charge < -0.3 is 19.4 Å². The fourth-order valence-corrected chi connectivity index (χ4v) is 3.78. The van der Waals surface area contributed by atoms with Crippen LogP contribution in [0.15, 0.2) is 30.3 Å². The Hall–Kier alpha value is -3.06. The standard InChI is InChI=1S/C20H21F3N6O/c21-20(22,23)16-2-1-3-17(15(16)14-24)27-6-8-28(9-7-27)18-4-5-19(26-25-18)29-10-12-30-13-11-29/h1-5H,6-13H2. The lowest BCUT2D eigenvalue weighted by molar-refractivity contribution is -0.137. The molecule has 0 atom stereocenters. The second kappa shape index (κ2) is 8.36. The molecule has 2 aliphatic rings. The number of piperazine rings is 1. The number of nitriles is 1. The topological polar surface area (TPSA) is 68.5 Å². The molecule has 1 aromatic heterocycles. The quantitative estimate of drug-likeness (QED) is 0.759. The highest BCUT2D eigenvalue weighted by atomic mass is 19.4. The minimum Gasteiger partial charge on any atom is -0.378 e. The maximum atomic E-state index is 13.2. The van der Waals surface area contributed by atoms with E-state index in [1.807, 2.05) is 21.9 Å². The van der Waals surface area contributed by atoms with Gasteiger partial charge in [-0.25, -0.2) is 0 Å². The third-order valence-electron chi connectivity index (χ3n) is 5.38. The summed E-state index contributed by atoms with van der Waals surface area (Å²) in [5.74, 6) is 1.54. The van der Waals surface area contributed by atoms with Crippen LogP contribution >= 0.6 is 0 Å². The number of anilines is 3. The number of hydrogen-bond acceptors (Lipinski definition) is 7. The number of nitrogens with zero attached hydrogens (tertiary/aromatic N) is 6. The molecule has 0 spiro atoms. The number of hydrogen-bond donors (Lipinski definition) is 0. The highest BCUT2D eigenvalue weighted by molar-refractivity contribution is 5.64. The van der Waals surface area contributed by atoms with Gasteiger partial charge in [-0.3, -0.25) is 0 Å². The summed E-state index contributed by atoms with van der Waals surface area (Å²) in [4.78, 5) is 5.99. The lowest BCUT2D eigenvalue weighted by Gasteiger charge is -2.37. The van der Waals surface area contributed by atoms with E-state index in [0.717, 1.165) is 30.8 Å². The fraction of sp³-hybridized carbons (Fsp3) is 0.450. The van der Waals surface area contributed by atoms with Gasteiger partial charge >= 0.3 is 6.18 Å². The van der Waals surface area contributed by atoms with Gasteiger partial charge in [-0.2, -0.15) is 18.4 Å². The molecule has 0 radical (unpaired) electrons. The molecule has 7 nitrogen and oxygen atoms in total. The second-order valence-electron chi connectivity index (χ2n) is 7.13. The Morgan fingerprint density at radius 2 is 1.40 bits per heavy atom. The van der Waals surface area contributed by atoms with Crippen LogP contribution in [0.3, 0.4) is 0 Å². The molecule has 1 aromatic carbocycles. The van der Waals surface area contributed by atoms with Crippen LogP contribution in [-0.2, 0) is 10.9 Å². The molecule has 0 saturated carbocycles. The van der Waals surface area contributed by atoms with E-state index in [2.05, 4.69) is 15.1 Å². The Bertz CT molecular complexity index is 914. The number of ether oxygens (including phenoxy) is 1. The summed E-state index contributed by atoms with van der Waals surface area (Å²) in [6.07, 6.45) is -4.55. The molecule has 4 rings (SSSR count). The minimum atomic E-state index is -4.55. The van der Waals surface area contributed by atoms with Gasteiger partial charge in [0.2, 0.25) is 0 Å². The van der Waals surface area contributed by atoms with Crippen LogP contribution in [-0.4, -0.2) is 62.7 Å². The van der Waals surface area contributed by atoms with Gasteiger partial charge in [0.1, 0.15) is 6.07 Å². The zero-order valence-electron chi connectivity index (χ0n) is 16.3. The second-order valence-corrected chi connectivity index (χ2v) is 7.13. The average molecular weight is 418 g/mol. The van der Waals surface area contributed by atoms with Crippen LogP contribution in [0, 0.1) is 11.3 Å². The fourth-order valence-electron chi connectivity index (χ4n) is 3.78. The molecule has 0 bridgehead atoms. The maximum Gasteiger partial charge on any atom is 0.417 e. The Morgan fingerprint density at radius 1 is 0.833 bits per heavy atom. The largest absolute Gasteiger partial charge is 0.417 e. The Kier molecular flexibility index (Phi) is 5.63. The summed E-state index contributed by atoms with van der Waals surface area (Å²) in [5, 5.41) is 18.0. The number of rotatable bonds is 3. The van der Waals surface area contributed by atoms with Gasteiger partial charge in [-0.1, -0.05) is 6.07 Å². The monoisotopic (exact) mass is 418 g/mol. The van der Waals surface area contributed by atoms with Crippen LogP contribution < -0.4 is 14.7 Å². The van der Waals surface area contributed by atoms with E-state index in [-0.39, 0.29) is 5.56 Å². The van der Waals surface area contributed by atoms with Crippen molar-refractivity contribution in [2.75, 3.05) is 67.2 Å². The average Bonchev–Trinajstić information content (AvgIpc) is 2.79. The first-order valence-corrected chi connectivity index (χ1v) is 9.74. The van der Waals surface area contributed by atoms with E-state index in [1.165, 1.54) is 6.07 Å². The van der Waals surface area contributed by atoms with Crippen molar-refractivity contribution < 1.29 is 17.9 Å². The van der Waals surface area contributed by atoms with E-state index in [4.69, 9.17) is 4.74 Å². The molecule has 158 valence electrons. The van der Waals surface area contributed by atoms with Crippen molar-refractivity contribution in [1.29, 1.82) is 5.26 Å². The molecular formula is C20H21F3N6O. The summed E-state index contributed by atoms with van der Waals surface area (Å²) < 4.78 is 45.0. The van der Waals surface area contributed by atoms with Crippen LogP contribution in [0.4, 0.5) is 30.5 Å². The van der Waals surface area contributed by atoms with Gasteiger partial charge in [0, 0.05) is 39.3 Å². The predicted octanol–water partition coefficient (Wildman–Crippen LogP) is 2.53.